The number of Topliss-reactive ketones (excluding diaryl/α,β-unsaturated/α-hetero) is 1. The minimum absolute atomic E-state index is 0.215. The maximum Gasteiger partial charge on any atom is 0.342 e. The highest BCUT2D eigenvalue weighted by atomic mass is 16.5. The summed E-state index contributed by atoms with van der Waals surface area (Å²) in [7, 11) is 2.93. The van der Waals surface area contributed by atoms with Gasteiger partial charge in [-0.25, -0.2) is 4.79 Å². The SMILES string of the molecule is COc1cccc(C(=O)OCC(=O)c2cc(C)c(C)c(C)c2C)c1OC. The van der Waals surface area contributed by atoms with Gasteiger partial charge in [0.25, 0.3) is 0 Å². The standard InChI is InChI=1S/C21H24O5/c1-12-10-17(15(4)14(3)13(12)2)18(22)11-26-21(23)16-8-7-9-19(24-5)20(16)25-6/h7-10H,11H2,1-6H3. The van der Waals surface area contributed by atoms with Gasteiger partial charge in [0, 0.05) is 5.56 Å². The number of esters is 1. The number of ketones is 1. The minimum atomic E-state index is -0.632. The number of carbonyl (C=O) groups excluding carboxylic acids is 2. The van der Waals surface area contributed by atoms with Crippen molar-refractivity contribution >= 4 is 11.8 Å². The highest BCUT2D eigenvalue weighted by Gasteiger charge is 2.20. The molecule has 2 aromatic rings. The lowest BCUT2D eigenvalue weighted by molar-refractivity contribution is 0.0471. The van der Waals surface area contributed by atoms with Crippen LogP contribution in [0.3, 0.4) is 0 Å². The average molecular weight is 356 g/mol. The Kier molecular flexibility index (Phi) is 6.03. The minimum Gasteiger partial charge on any atom is -0.493 e. The van der Waals surface area contributed by atoms with E-state index in [-0.39, 0.29) is 23.7 Å². The molecule has 0 spiro atoms. The molecule has 0 amide bonds. The molecule has 138 valence electrons. The average Bonchev–Trinajstić information content (AvgIpc) is 2.65. The normalized spacial score (nSPS) is 10.4. The molecule has 5 nitrogen and oxygen atoms in total. The summed E-state index contributed by atoms with van der Waals surface area (Å²) in [4.78, 5) is 25.0. The van der Waals surface area contributed by atoms with E-state index >= 15 is 0 Å². The second-order valence-corrected chi connectivity index (χ2v) is 6.16. The van der Waals surface area contributed by atoms with Gasteiger partial charge in [0.15, 0.2) is 18.1 Å². The van der Waals surface area contributed by atoms with E-state index in [0.29, 0.717) is 11.3 Å². The molecule has 2 aromatic carbocycles. The zero-order valence-electron chi connectivity index (χ0n) is 16.1. The highest BCUT2D eigenvalue weighted by molar-refractivity contribution is 6.01. The van der Waals surface area contributed by atoms with Crippen LogP contribution in [0.15, 0.2) is 24.3 Å². The smallest absolute Gasteiger partial charge is 0.342 e. The van der Waals surface area contributed by atoms with Gasteiger partial charge in [-0.15, -0.1) is 0 Å². The first-order chi connectivity index (χ1) is 12.3. The summed E-state index contributed by atoms with van der Waals surface area (Å²) in [5.41, 5.74) is 4.99. The van der Waals surface area contributed by atoms with Gasteiger partial charge in [0.1, 0.15) is 5.56 Å². The van der Waals surface area contributed by atoms with Crippen molar-refractivity contribution in [3.8, 4) is 11.5 Å². The molecule has 0 aliphatic rings. The lowest BCUT2D eigenvalue weighted by atomic mass is 9.93. The molecule has 5 heteroatoms. The molecular formula is C21H24O5. The van der Waals surface area contributed by atoms with Crippen molar-refractivity contribution in [3.05, 3.63) is 57.6 Å². The Hall–Kier alpha value is -2.82. The van der Waals surface area contributed by atoms with Gasteiger partial charge in [-0.05, 0) is 68.1 Å². The van der Waals surface area contributed by atoms with Crippen LogP contribution in [-0.2, 0) is 4.74 Å². The largest absolute Gasteiger partial charge is 0.493 e. The molecule has 0 aliphatic heterocycles. The lowest BCUT2D eigenvalue weighted by Crippen LogP contribution is -2.16. The Morgan fingerprint density at radius 2 is 1.58 bits per heavy atom. The predicted molar refractivity (Wildman–Crippen MR) is 99.5 cm³/mol. The van der Waals surface area contributed by atoms with Gasteiger partial charge >= 0.3 is 5.97 Å². The number of hydrogen-bond donors (Lipinski definition) is 0. The fourth-order valence-electron chi connectivity index (χ4n) is 2.84. The molecule has 0 heterocycles. The molecule has 0 aliphatic carbocycles. The molecular weight excluding hydrogens is 332 g/mol. The van der Waals surface area contributed by atoms with Crippen molar-refractivity contribution in [3.63, 3.8) is 0 Å². The monoisotopic (exact) mass is 356 g/mol. The summed E-state index contributed by atoms with van der Waals surface area (Å²) >= 11 is 0. The summed E-state index contributed by atoms with van der Waals surface area (Å²) in [6.45, 7) is 7.55. The van der Waals surface area contributed by atoms with Gasteiger partial charge < -0.3 is 14.2 Å². The number of ether oxygens (including phenoxy) is 3. The third-order valence-electron chi connectivity index (χ3n) is 4.74. The number of methoxy groups -OCH3 is 2. The number of rotatable bonds is 6. The summed E-state index contributed by atoms with van der Waals surface area (Å²) < 4.78 is 15.6. The molecule has 0 unspecified atom stereocenters. The molecule has 26 heavy (non-hydrogen) atoms. The molecule has 0 aromatic heterocycles. The van der Waals surface area contributed by atoms with Crippen molar-refractivity contribution in [1.29, 1.82) is 0 Å². The Morgan fingerprint density at radius 3 is 2.19 bits per heavy atom. The van der Waals surface area contributed by atoms with E-state index < -0.39 is 5.97 Å². The fraction of sp³-hybridized carbons (Fsp3) is 0.333. The maximum absolute atomic E-state index is 12.6. The molecule has 0 saturated carbocycles. The number of carbonyl (C=O) groups is 2. The zero-order valence-corrected chi connectivity index (χ0v) is 16.1. The van der Waals surface area contributed by atoms with Gasteiger partial charge in [0.05, 0.1) is 14.2 Å². The van der Waals surface area contributed by atoms with Crippen molar-refractivity contribution in [2.45, 2.75) is 27.7 Å². The topological polar surface area (TPSA) is 61.8 Å². The van der Waals surface area contributed by atoms with Crippen LogP contribution in [0.4, 0.5) is 0 Å². The first-order valence-electron chi connectivity index (χ1n) is 8.30. The van der Waals surface area contributed by atoms with Crippen LogP contribution in [0.2, 0.25) is 0 Å². The van der Waals surface area contributed by atoms with Crippen molar-refractivity contribution < 1.29 is 23.8 Å². The van der Waals surface area contributed by atoms with Crippen LogP contribution in [0.25, 0.3) is 0 Å². The van der Waals surface area contributed by atoms with E-state index in [0.717, 1.165) is 22.3 Å². The van der Waals surface area contributed by atoms with E-state index in [1.807, 2.05) is 33.8 Å². The Morgan fingerprint density at radius 1 is 0.885 bits per heavy atom. The number of benzene rings is 2. The molecule has 0 saturated heterocycles. The molecule has 2 rings (SSSR count). The summed E-state index contributed by atoms with van der Waals surface area (Å²) in [6.07, 6.45) is 0. The van der Waals surface area contributed by atoms with Crippen LogP contribution < -0.4 is 9.47 Å². The first kappa shape index (κ1) is 19.5. The first-order valence-corrected chi connectivity index (χ1v) is 8.30. The molecule has 0 fully saturated rings. The lowest BCUT2D eigenvalue weighted by Gasteiger charge is -2.14. The quantitative estimate of drug-likeness (QED) is 0.579. The number of para-hydroxylation sites is 1. The van der Waals surface area contributed by atoms with Crippen molar-refractivity contribution in [2.75, 3.05) is 20.8 Å². The number of hydrogen-bond acceptors (Lipinski definition) is 5. The third kappa shape index (κ3) is 3.72. The van der Waals surface area contributed by atoms with E-state index in [1.54, 1.807) is 18.2 Å². The van der Waals surface area contributed by atoms with Crippen LogP contribution in [0.1, 0.15) is 43.0 Å². The molecule has 0 radical (unpaired) electrons. The molecule has 0 atom stereocenters. The van der Waals surface area contributed by atoms with E-state index in [9.17, 15) is 9.59 Å². The van der Waals surface area contributed by atoms with Crippen LogP contribution >= 0.6 is 0 Å². The van der Waals surface area contributed by atoms with E-state index in [1.165, 1.54) is 14.2 Å². The van der Waals surface area contributed by atoms with Crippen molar-refractivity contribution in [2.24, 2.45) is 0 Å². The zero-order chi connectivity index (χ0) is 19.4. The summed E-state index contributed by atoms with van der Waals surface area (Å²) in [6, 6.07) is 6.76. The van der Waals surface area contributed by atoms with Gasteiger partial charge in [-0.1, -0.05) is 6.07 Å². The van der Waals surface area contributed by atoms with Crippen molar-refractivity contribution in [1.82, 2.24) is 0 Å². The van der Waals surface area contributed by atoms with E-state index in [2.05, 4.69) is 0 Å². The Labute approximate surface area is 153 Å². The Balaban J connectivity index is 2.20. The van der Waals surface area contributed by atoms with Crippen LogP contribution in [0, 0.1) is 27.7 Å². The van der Waals surface area contributed by atoms with Gasteiger partial charge in [-0.3, -0.25) is 4.79 Å². The highest BCUT2D eigenvalue weighted by Crippen LogP contribution is 2.31. The summed E-state index contributed by atoms with van der Waals surface area (Å²) in [5.74, 6) is -0.157. The second kappa shape index (κ2) is 8.04. The van der Waals surface area contributed by atoms with Crippen LogP contribution in [-0.4, -0.2) is 32.6 Å². The third-order valence-corrected chi connectivity index (χ3v) is 4.74. The van der Waals surface area contributed by atoms with E-state index in [4.69, 9.17) is 14.2 Å². The number of aryl methyl sites for hydroxylation is 1. The fourth-order valence-corrected chi connectivity index (χ4v) is 2.84. The summed E-state index contributed by atoms with van der Waals surface area (Å²) in [5, 5.41) is 0. The maximum atomic E-state index is 12.6. The molecule has 0 bridgehead atoms. The van der Waals surface area contributed by atoms with Gasteiger partial charge in [0.2, 0.25) is 5.78 Å². The Bertz CT molecular complexity index is 852. The van der Waals surface area contributed by atoms with Gasteiger partial charge in [-0.2, -0.15) is 0 Å². The van der Waals surface area contributed by atoms with Crippen LogP contribution in [0.5, 0.6) is 11.5 Å². The predicted octanol–water partition coefficient (Wildman–Crippen LogP) is 3.98. The second-order valence-electron chi connectivity index (χ2n) is 6.16. The molecule has 0 N–H and O–H groups in total.